The number of carbonyl (C=O) groups is 2. The molecule has 1 aliphatic heterocycles. The van der Waals surface area contributed by atoms with Gasteiger partial charge < -0.3 is 24.7 Å². The van der Waals surface area contributed by atoms with Crippen LogP contribution in [0.4, 0.5) is 0 Å². The summed E-state index contributed by atoms with van der Waals surface area (Å²) >= 11 is 6.17. The number of hydrogen-bond donors (Lipinski definition) is 2. The standard InChI is InChI=1S/C27H36BClN2O5/c1-26(2)27(3,4)36-28(35-26)23(17-11-14-19-12-7-6-8-13-19)31-25(33)22(18-34-5)30-24(32)20-15-9-10-16-21(20)29/h6-10,12-13,15-16,22-23H,11,14,17-18H2,1-5H3,(H,30,32)(H,31,33)/t22-,23+/m1/s1. The molecule has 1 fully saturated rings. The smallest absolute Gasteiger partial charge is 0.402 e. The Morgan fingerprint density at radius 3 is 2.19 bits per heavy atom. The van der Waals surface area contributed by atoms with E-state index in [1.54, 1.807) is 24.3 Å². The van der Waals surface area contributed by atoms with Gasteiger partial charge in [-0.2, -0.15) is 0 Å². The van der Waals surface area contributed by atoms with E-state index in [0.717, 1.165) is 12.8 Å². The summed E-state index contributed by atoms with van der Waals surface area (Å²) in [4.78, 5) is 26.2. The van der Waals surface area contributed by atoms with Gasteiger partial charge in [0.1, 0.15) is 6.04 Å². The van der Waals surface area contributed by atoms with Crippen LogP contribution in [-0.4, -0.2) is 55.8 Å². The van der Waals surface area contributed by atoms with Gasteiger partial charge in [-0.05, 0) is 64.7 Å². The van der Waals surface area contributed by atoms with Gasteiger partial charge in [0.25, 0.3) is 5.91 Å². The van der Waals surface area contributed by atoms with E-state index in [2.05, 4.69) is 22.8 Å². The Hall–Kier alpha value is -2.39. The van der Waals surface area contributed by atoms with Crippen molar-refractivity contribution >= 4 is 30.5 Å². The summed E-state index contributed by atoms with van der Waals surface area (Å²) in [5.41, 5.74) is 0.438. The summed E-state index contributed by atoms with van der Waals surface area (Å²) in [6.45, 7) is 7.92. The lowest BCUT2D eigenvalue weighted by atomic mass is 9.75. The molecule has 194 valence electrons. The number of rotatable bonds is 11. The first-order chi connectivity index (χ1) is 17.0. The van der Waals surface area contributed by atoms with Crippen molar-refractivity contribution in [2.24, 2.45) is 0 Å². The highest BCUT2D eigenvalue weighted by Gasteiger charge is 2.54. The highest BCUT2D eigenvalue weighted by molar-refractivity contribution is 6.48. The van der Waals surface area contributed by atoms with Gasteiger partial charge in [0, 0.05) is 7.11 Å². The van der Waals surface area contributed by atoms with Crippen molar-refractivity contribution in [2.75, 3.05) is 13.7 Å². The number of carbonyl (C=O) groups excluding carboxylic acids is 2. The average molecular weight is 515 g/mol. The molecule has 1 heterocycles. The van der Waals surface area contributed by atoms with Crippen molar-refractivity contribution in [1.82, 2.24) is 10.6 Å². The number of methoxy groups -OCH3 is 1. The van der Waals surface area contributed by atoms with Crippen LogP contribution < -0.4 is 10.6 Å². The van der Waals surface area contributed by atoms with Gasteiger partial charge in [-0.25, -0.2) is 0 Å². The minimum atomic E-state index is -0.919. The summed E-state index contributed by atoms with van der Waals surface area (Å²) in [6.07, 6.45) is 2.31. The molecular formula is C27H36BClN2O5. The van der Waals surface area contributed by atoms with E-state index in [9.17, 15) is 9.59 Å². The Labute approximate surface area is 219 Å². The van der Waals surface area contributed by atoms with E-state index < -0.39 is 36.2 Å². The molecule has 7 nitrogen and oxygen atoms in total. The van der Waals surface area contributed by atoms with Crippen molar-refractivity contribution in [2.45, 2.75) is 70.1 Å². The monoisotopic (exact) mass is 514 g/mol. The normalized spacial score (nSPS) is 17.9. The molecule has 0 saturated carbocycles. The first-order valence-electron chi connectivity index (χ1n) is 12.3. The van der Waals surface area contributed by atoms with Crippen molar-refractivity contribution in [1.29, 1.82) is 0 Å². The Morgan fingerprint density at radius 2 is 1.58 bits per heavy atom. The Balaban J connectivity index is 1.72. The molecule has 2 N–H and O–H groups in total. The van der Waals surface area contributed by atoms with E-state index in [1.165, 1.54) is 12.7 Å². The van der Waals surface area contributed by atoms with Gasteiger partial charge in [-0.15, -0.1) is 0 Å². The molecule has 1 saturated heterocycles. The van der Waals surface area contributed by atoms with Crippen molar-refractivity contribution in [3.63, 3.8) is 0 Å². The number of nitrogens with one attached hydrogen (secondary N) is 2. The summed E-state index contributed by atoms with van der Waals surface area (Å²) < 4.78 is 17.8. The molecule has 0 unspecified atom stereocenters. The van der Waals surface area contributed by atoms with Crippen LogP contribution in [0.2, 0.25) is 5.02 Å². The lowest BCUT2D eigenvalue weighted by molar-refractivity contribution is -0.124. The van der Waals surface area contributed by atoms with Gasteiger partial charge in [-0.1, -0.05) is 54.1 Å². The molecule has 2 aromatic carbocycles. The van der Waals surface area contributed by atoms with Gasteiger partial charge in [-0.3, -0.25) is 9.59 Å². The molecule has 0 radical (unpaired) electrons. The van der Waals surface area contributed by atoms with Crippen molar-refractivity contribution in [3.8, 4) is 0 Å². The second kappa shape index (κ2) is 12.2. The second-order valence-corrected chi connectivity index (χ2v) is 10.5. The number of ether oxygens (including phenoxy) is 1. The summed E-state index contributed by atoms with van der Waals surface area (Å²) in [6, 6.07) is 16.0. The second-order valence-electron chi connectivity index (χ2n) is 10.1. The average Bonchev–Trinajstić information content (AvgIpc) is 3.05. The molecule has 3 rings (SSSR count). The van der Waals surface area contributed by atoms with E-state index in [1.807, 2.05) is 45.9 Å². The van der Waals surface area contributed by atoms with Crippen LogP contribution in [-0.2, 0) is 25.3 Å². The molecular weight excluding hydrogens is 479 g/mol. The quantitative estimate of drug-likeness (QED) is 0.439. The number of amides is 2. The minimum absolute atomic E-state index is 0.00211. The fourth-order valence-corrected chi connectivity index (χ4v) is 4.24. The largest absolute Gasteiger partial charge is 0.481 e. The Bertz CT molecular complexity index is 1020. The molecule has 9 heteroatoms. The molecule has 2 amide bonds. The maximum Gasteiger partial charge on any atom is 0.481 e. The van der Waals surface area contributed by atoms with Crippen LogP contribution in [0.3, 0.4) is 0 Å². The first kappa shape index (κ1) is 28.2. The van der Waals surface area contributed by atoms with E-state index in [0.29, 0.717) is 17.0 Å². The van der Waals surface area contributed by atoms with E-state index in [4.69, 9.17) is 25.6 Å². The summed E-state index contributed by atoms with van der Waals surface area (Å²) in [7, 11) is 0.852. The van der Waals surface area contributed by atoms with Crippen molar-refractivity contribution in [3.05, 3.63) is 70.7 Å². The zero-order chi connectivity index (χ0) is 26.3. The van der Waals surface area contributed by atoms with E-state index >= 15 is 0 Å². The van der Waals surface area contributed by atoms with Crippen LogP contribution in [0.5, 0.6) is 0 Å². The molecule has 0 aromatic heterocycles. The van der Waals surface area contributed by atoms with Crippen LogP contribution in [0.25, 0.3) is 0 Å². The van der Waals surface area contributed by atoms with Crippen molar-refractivity contribution < 1.29 is 23.6 Å². The first-order valence-corrected chi connectivity index (χ1v) is 12.7. The fraction of sp³-hybridized carbons (Fsp3) is 0.481. The predicted molar refractivity (Wildman–Crippen MR) is 142 cm³/mol. The third-order valence-corrected chi connectivity index (χ3v) is 7.15. The topological polar surface area (TPSA) is 85.9 Å². The number of hydrogen-bond acceptors (Lipinski definition) is 5. The van der Waals surface area contributed by atoms with Crippen LogP contribution in [0.15, 0.2) is 54.6 Å². The van der Waals surface area contributed by atoms with Crippen LogP contribution in [0.1, 0.15) is 56.5 Å². The van der Waals surface area contributed by atoms with Gasteiger partial charge >= 0.3 is 7.12 Å². The van der Waals surface area contributed by atoms with Crippen LogP contribution >= 0.6 is 11.6 Å². The zero-order valence-electron chi connectivity index (χ0n) is 21.7. The molecule has 0 spiro atoms. The lowest BCUT2D eigenvalue weighted by Gasteiger charge is -2.32. The summed E-state index contributed by atoms with van der Waals surface area (Å²) in [5.74, 6) is -1.25. The molecule has 0 aliphatic carbocycles. The third-order valence-electron chi connectivity index (χ3n) is 6.82. The lowest BCUT2D eigenvalue weighted by Crippen LogP contribution is -2.56. The number of halogens is 1. The van der Waals surface area contributed by atoms with Gasteiger partial charge in [0.15, 0.2) is 0 Å². The maximum absolute atomic E-state index is 13.4. The highest BCUT2D eigenvalue weighted by Crippen LogP contribution is 2.38. The molecule has 36 heavy (non-hydrogen) atoms. The SMILES string of the molecule is COC[C@@H](NC(=O)c1ccccc1Cl)C(=O)N[C@@H](CCCc1ccccc1)B1OC(C)(C)C(C)(C)O1. The Morgan fingerprint density at radius 1 is 0.972 bits per heavy atom. The number of benzene rings is 2. The molecule has 2 aromatic rings. The molecule has 2 atom stereocenters. The third kappa shape index (κ3) is 7.10. The fourth-order valence-electron chi connectivity index (χ4n) is 4.01. The Kier molecular flexibility index (Phi) is 9.58. The predicted octanol–water partition coefficient (Wildman–Crippen LogP) is 4.22. The van der Waals surface area contributed by atoms with Gasteiger partial charge in [0.2, 0.25) is 5.91 Å². The molecule has 1 aliphatic rings. The maximum atomic E-state index is 13.4. The highest BCUT2D eigenvalue weighted by atomic mass is 35.5. The number of aryl methyl sites for hydroxylation is 1. The minimum Gasteiger partial charge on any atom is -0.402 e. The van der Waals surface area contributed by atoms with Crippen LogP contribution in [0, 0.1) is 0 Å². The summed E-state index contributed by atoms with van der Waals surface area (Å²) in [5, 5.41) is 6.11. The van der Waals surface area contributed by atoms with Gasteiger partial charge in [0.05, 0.1) is 34.3 Å². The van der Waals surface area contributed by atoms with E-state index in [-0.39, 0.29) is 12.5 Å². The zero-order valence-corrected chi connectivity index (χ0v) is 22.4. The molecule has 0 bridgehead atoms.